The number of rotatable bonds is 4. The molecule has 0 saturated heterocycles. The Hall–Kier alpha value is -2.41. The van der Waals surface area contributed by atoms with Gasteiger partial charge >= 0.3 is 5.97 Å². The predicted octanol–water partition coefficient (Wildman–Crippen LogP) is 4.48. The van der Waals surface area contributed by atoms with Gasteiger partial charge in [-0.25, -0.2) is 9.18 Å². The average Bonchev–Trinajstić information content (AvgIpc) is 2.65. The molecular weight excluding hydrogens is 441 g/mol. The van der Waals surface area contributed by atoms with Crippen molar-refractivity contribution in [3.63, 3.8) is 0 Å². The highest BCUT2D eigenvalue weighted by Crippen LogP contribution is 2.30. The van der Waals surface area contributed by atoms with E-state index in [9.17, 15) is 14.0 Å². The van der Waals surface area contributed by atoms with Gasteiger partial charge in [0.2, 0.25) is 6.10 Å². The van der Waals surface area contributed by atoms with Crippen LogP contribution < -0.4 is 10.1 Å². The summed E-state index contributed by atoms with van der Waals surface area (Å²) in [6, 6.07) is 11.2. The molecule has 2 aromatic rings. The number of aryl methyl sites for hydroxylation is 1. The van der Waals surface area contributed by atoms with Crippen LogP contribution in [0.3, 0.4) is 0 Å². The van der Waals surface area contributed by atoms with E-state index in [-0.39, 0.29) is 5.82 Å². The van der Waals surface area contributed by atoms with Crippen molar-refractivity contribution < 1.29 is 23.5 Å². The Morgan fingerprint density at radius 3 is 2.55 bits per heavy atom. The minimum absolute atomic E-state index is 0.345. The summed E-state index contributed by atoms with van der Waals surface area (Å²) < 4.78 is 25.5. The van der Waals surface area contributed by atoms with E-state index in [1.54, 1.807) is 24.3 Å². The molecule has 0 bridgehead atoms. The van der Waals surface area contributed by atoms with Gasteiger partial charge in [0.15, 0.2) is 6.10 Å². The third-order valence-electron chi connectivity index (χ3n) is 4.37. The summed E-state index contributed by atoms with van der Waals surface area (Å²) in [6.07, 6.45) is -1.12. The fourth-order valence-electron chi connectivity index (χ4n) is 3.06. The van der Waals surface area contributed by atoms with Crippen molar-refractivity contribution in [2.75, 3.05) is 0 Å². The first-order chi connectivity index (χ1) is 13.6. The van der Waals surface area contributed by atoms with E-state index in [2.05, 4.69) is 21.2 Å². The van der Waals surface area contributed by atoms with Gasteiger partial charge in [-0.15, -0.1) is 0 Å². The molecule has 29 heavy (non-hydrogen) atoms. The zero-order chi connectivity index (χ0) is 21.2. The number of carbonyl (C=O) groups excluding carboxylic acids is 2. The largest absolute Gasteiger partial charge is 0.478 e. The maximum Gasteiger partial charge on any atom is 0.348 e. The van der Waals surface area contributed by atoms with Crippen molar-refractivity contribution in [3.05, 3.63) is 63.9 Å². The first-order valence-corrected chi connectivity index (χ1v) is 10.1. The van der Waals surface area contributed by atoms with Crippen LogP contribution in [0.4, 0.5) is 4.39 Å². The molecule has 0 aromatic heterocycles. The number of hydrogen-bond acceptors (Lipinski definition) is 4. The second-order valence-electron chi connectivity index (χ2n) is 8.00. The molecule has 1 N–H and O–H groups in total. The van der Waals surface area contributed by atoms with Crippen molar-refractivity contribution >= 4 is 27.8 Å². The molecule has 0 aliphatic carbocycles. The number of carbonyl (C=O) groups is 2. The van der Waals surface area contributed by atoms with Gasteiger partial charge in [0, 0.05) is 15.6 Å². The molecule has 1 amide bonds. The highest BCUT2D eigenvalue weighted by molar-refractivity contribution is 9.10. The Kier molecular flexibility index (Phi) is 6.27. The highest BCUT2D eigenvalue weighted by Gasteiger charge is 2.33. The number of nitrogens with one attached hydrogen (secondary N) is 1. The number of fused-ring (bicyclic) bond motifs is 1. The van der Waals surface area contributed by atoms with E-state index < -0.39 is 29.6 Å². The summed E-state index contributed by atoms with van der Waals surface area (Å²) in [5, 5.41) is 2.85. The summed E-state index contributed by atoms with van der Waals surface area (Å²) >= 11 is 3.36. The molecule has 5 nitrogen and oxygen atoms in total. The van der Waals surface area contributed by atoms with Crippen molar-refractivity contribution in [2.45, 2.75) is 51.4 Å². The Morgan fingerprint density at radius 2 is 1.90 bits per heavy atom. The molecule has 1 heterocycles. The van der Waals surface area contributed by atoms with Gasteiger partial charge in [-0.05, 0) is 69.5 Å². The lowest BCUT2D eigenvalue weighted by Gasteiger charge is -2.28. The second kappa shape index (κ2) is 8.53. The summed E-state index contributed by atoms with van der Waals surface area (Å²) in [5.41, 5.74) is 0.784. The number of amides is 1. The Bertz CT molecular complexity index is 908. The zero-order valence-corrected chi connectivity index (χ0v) is 18.1. The molecule has 2 atom stereocenters. The highest BCUT2D eigenvalue weighted by atomic mass is 79.9. The van der Waals surface area contributed by atoms with Crippen LogP contribution in [0.25, 0.3) is 0 Å². The zero-order valence-electron chi connectivity index (χ0n) is 16.5. The molecule has 7 heteroatoms. The third-order valence-corrected chi connectivity index (χ3v) is 4.90. The minimum Gasteiger partial charge on any atom is -0.478 e. The third kappa shape index (κ3) is 5.56. The Labute approximate surface area is 177 Å². The van der Waals surface area contributed by atoms with E-state index in [0.717, 1.165) is 4.47 Å². The van der Waals surface area contributed by atoms with Crippen LogP contribution >= 0.6 is 15.9 Å². The van der Waals surface area contributed by atoms with Gasteiger partial charge in [0.25, 0.3) is 5.91 Å². The standard InChI is InChI=1S/C22H23BrFNO4/c1-22(2,3)25-20(26)19(13-4-7-15(23)8-5-13)29-21(27)18-10-6-14-12-16(24)9-11-17(14)28-18/h4-5,7-9,11-12,18-19H,6,10H2,1-3H3,(H,25,26). The van der Waals surface area contributed by atoms with Gasteiger partial charge < -0.3 is 14.8 Å². The lowest BCUT2D eigenvalue weighted by molar-refractivity contribution is -0.164. The minimum atomic E-state index is -1.10. The van der Waals surface area contributed by atoms with Crippen LogP contribution in [0.15, 0.2) is 46.9 Å². The van der Waals surface area contributed by atoms with Gasteiger partial charge in [-0.1, -0.05) is 28.1 Å². The quantitative estimate of drug-likeness (QED) is 0.678. The van der Waals surface area contributed by atoms with Crippen LogP contribution in [0.1, 0.15) is 44.4 Å². The number of ether oxygens (including phenoxy) is 2. The monoisotopic (exact) mass is 463 g/mol. The van der Waals surface area contributed by atoms with Gasteiger partial charge in [-0.2, -0.15) is 0 Å². The first kappa shape index (κ1) is 21.3. The lowest BCUT2D eigenvalue weighted by atomic mass is 10.0. The van der Waals surface area contributed by atoms with Gasteiger partial charge in [0.05, 0.1) is 0 Å². The van der Waals surface area contributed by atoms with E-state index in [1.807, 2.05) is 20.8 Å². The number of hydrogen-bond donors (Lipinski definition) is 1. The Morgan fingerprint density at radius 1 is 1.21 bits per heavy atom. The Balaban J connectivity index is 1.78. The maximum atomic E-state index is 13.4. The molecule has 2 aromatic carbocycles. The van der Waals surface area contributed by atoms with Crippen LogP contribution in [-0.2, 0) is 20.7 Å². The van der Waals surface area contributed by atoms with Crippen LogP contribution in [0, 0.1) is 5.82 Å². The smallest absolute Gasteiger partial charge is 0.348 e. The second-order valence-corrected chi connectivity index (χ2v) is 8.92. The number of halogens is 2. The molecule has 0 radical (unpaired) electrons. The van der Waals surface area contributed by atoms with E-state index in [0.29, 0.717) is 29.7 Å². The fraction of sp³-hybridized carbons (Fsp3) is 0.364. The summed E-state index contributed by atoms with van der Waals surface area (Å²) in [6.45, 7) is 5.56. The molecule has 0 fully saturated rings. The summed E-state index contributed by atoms with van der Waals surface area (Å²) in [7, 11) is 0. The lowest BCUT2D eigenvalue weighted by Crippen LogP contribution is -2.45. The normalized spacial score (nSPS) is 16.9. The number of esters is 1. The maximum absolute atomic E-state index is 13.4. The van der Waals surface area contributed by atoms with Crippen LogP contribution in [0.2, 0.25) is 0 Å². The molecule has 0 saturated carbocycles. The van der Waals surface area contributed by atoms with E-state index in [4.69, 9.17) is 9.47 Å². The van der Waals surface area contributed by atoms with Crippen LogP contribution in [0.5, 0.6) is 5.75 Å². The van der Waals surface area contributed by atoms with Crippen molar-refractivity contribution in [1.82, 2.24) is 5.32 Å². The van der Waals surface area contributed by atoms with E-state index >= 15 is 0 Å². The van der Waals surface area contributed by atoms with Gasteiger partial charge in [0.1, 0.15) is 11.6 Å². The SMILES string of the molecule is CC(C)(C)NC(=O)C(OC(=O)C1CCc2cc(F)ccc2O1)c1ccc(Br)cc1. The summed E-state index contributed by atoms with van der Waals surface area (Å²) in [4.78, 5) is 25.6. The predicted molar refractivity (Wildman–Crippen MR) is 110 cm³/mol. The molecule has 1 aliphatic rings. The van der Waals surface area contributed by atoms with Gasteiger partial charge in [-0.3, -0.25) is 4.79 Å². The number of benzene rings is 2. The van der Waals surface area contributed by atoms with E-state index in [1.165, 1.54) is 18.2 Å². The van der Waals surface area contributed by atoms with Crippen molar-refractivity contribution in [2.24, 2.45) is 0 Å². The molecule has 1 aliphatic heterocycles. The molecule has 154 valence electrons. The molecule has 3 rings (SSSR count). The molecule has 0 spiro atoms. The first-order valence-electron chi connectivity index (χ1n) is 9.35. The molecular formula is C22H23BrFNO4. The average molecular weight is 464 g/mol. The fourth-order valence-corrected chi connectivity index (χ4v) is 3.33. The van der Waals surface area contributed by atoms with Crippen molar-refractivity contribution in [1.29, 1.82) is 0 Å². The summed E-state index contributed by atoms with van der Waals surface area (Å²) in [5.74, 6) is -0.926. The topological polar surface area (TPSA) is 64.6 Å². The molecule has 2 unspecified atom stereocenters. The van der Waals surface area contributed by atoms with Crippen molar-refractivity contribution in [3.8, 4) is 5.75 Å². The van der Waals surface area contributed by atoms with Crippen LogP contribution in [-0.4, -0.2) is 23.5 Å².